The lowest BCUT2D eigenvalue weighted by atomic mass is 9.98. The van der Waals surface area contributed by atoms with Crippen LogP contribution in [-0.4, -0.2) is 48.2 Å². The Hall–Kier alpha value is -4.69. The average molecular weight is 627 g/mol. The monoisotopic (exact) mass is 626 g/mol. The summed E-state index contributed by atoms with van der Waals surface area (Å²) in [7, 11) is 0. The summed E-state index contributed by atoms with van der Waals surface area (Å²) in [5, 5.41) is 15.9. The summed E-state index contributed by atoms with van der Waals surface area (Å²) in [6.45, 7) is 7.65. The second-order valence-electron chi connectivity index (χ2n) is 11.3. The number of unbranched alkanes of at least 4 members (excludes halogenated alkanes) is 1. The number of hydrogen-bond acceptors (Lipinski definition) is 6. The number of hydrogen-bond donors (Lipinski definition) is 3. The molecule has 3 atom stereocenters. The Labute approximate surface area is 272 Å². The molecule has 8 nitrogen and oxygen atoms in total. The highest BCUT2D eigenvalue weighted by Gasteiger charge is 2.25. The molecule has 3 rings (SSSR count). The number of carbonyl (C=O) groups is 3. The first-order valence-corrected chi connectivity index (χ1v) is 15.8. The number of allylic oxidation sites excluding steroid dienone is 2. The topological polar surface area (TPSA) is 114 Å². The van der Waals surface area contributed by atoms with Crippen molar-refractivity contribution in [1.82, 2.24) is 10.6 Å². The van der Waals surface area contributed by atoms with E-state index in [0.717, 1.165) is 28.9 Å². The van der Waals surface area contributed by atoms with Crippen LogP contribution in [0.3, 0.4) is 0 Å². The molecule has 3 N–H and O–H groups in total. The van der Waals surface area contributed by atoms with Gasteiger partial charge in [0, 0.05) is 12.8 Å². The number of amides is 2. The van der Waals surface area contributed by atoms with Crippen LogP contribution in [-0.2, 0) is 38.6 Å². The Morgan fingerprint density at radius 2 is 1.41 bits per heavy atom. The predicted molar refractivity (Wildman–Crippen MR) is 180 cm³/mol. The lowest BCUT2D eigenvalue weighted by Crippen LogP contribution is -2.45. The number of esters is 1. The van der Waals surface area contributed by atoms with Gasteiger partial charge in [-0.3, -0.25) is 14.4 Å². The SMILES string of the molecule is C=CCCCC(=O)OC[C@@H](Cc1ccccc1)NC(=O)[C@H](CC=C)CC(=O)N[C@H](CO)Cc1ccc(OCc2ccccc2)cc1. The molecule has 0 aromatic heterocycles. The summed E-state index contributed by atoms with van der Waals surface area (Å²) in [5.74, 6) is -0.967. The molecule has 0 saturated heterocycles. The molecule has 0 bridgehead atoms. The summed E-state index contributed by atoms with van der Waals surface area (Å²) in [6, 6.07) is 26.0. The summed E-state index contributed by atoms with van der Waals surface area (Å²) in [6.07, 6.45) is 6.08. The smallest absolute Gasteiger partial charge is 0.305 e. The predicted octanol–water partition coefficient (Wildman–Crippen LogP) is 5.49. The fourth-order valence-electron chi connectivity index (χ4n) is 4.93. The fourth-order valence-corrected chi connectivity index (χ4v) is 4.93. The summed E-state index contributed by atoms with van der Waals surface area (Å²) < 4.78 is 11.3. The maximum atomic E-state index is 13.4. The third kappa shape index (κ3) is 13.5. The van der Waals surface area contributed by atoms with Crippen LogP contribution in [0.5, 0.6) is 5.75 Å². The lowest BCUT2D eigenvalue weighted by molar-refractivity contribution is -0.145. The van der Waals surface area contributed by atoms with E-state index in [2.05, 4.69) is 23.8 Å². The van der Waals surface area contributed by atoms with Gasteiger partial charge in [0.05, 0.1) is 24.6 Å². The van der Waals surface area contributed by atoms with Crippen molar-refractivity contribution in [3.8, 4) is 5.75 Å². The first-order valence-electron chi connectivity index (χ1n) is 15.8. The molecule has 3 aromatic rings. The minimum absolute atomic E-state index is 0.0171. The highest BCUT2D eigenvalue weighted by atomic mass is 16.5. The zero-order chi connectivity index (χ0) is 33.0. The van der Waals surface area contributed by atoms with Gasteiger partial charge in [0.15, 0.2) is 0 Å². The number of nitrogens with one attached hydrogen (secondary N) is 2. The first-order chi connectivity index (χ1) is 22.4. The van der Waals surface area contributed by atoms with E-state index >= 15 is 0 Å². The third-order valence-corrected chi connectivity index (χ3v) is 7.40. The number of carbonyl (C=O) groups excluding carboxylic acids is 3. The van der Waals surface area contributed by atoms with Crippen molar-refractivity contribution in [3.63, 3.8) is 0 Å². The molecule has 8 heteroatoms. The maximum absolute atomic E-state index is 13.4. The molecule has 0 spiro atoms. The average Bonchev–Trinajstić information content (AvgIpc) is 3.07. The zero-order valence-electron chi connectivity index (χ0n) is 26.4. The summed E-state index contributed by atoms with van der Waals surface area (Å²) >= 11 is 0. The largest absolute Gasteiger partial charge is 0.489 e. The zero-order valence-corrected chi connectivity index (χ0v) is 26.4. The standard InChI is InChI=1S/C38H46N2O6/c1-3-5-8-18-37(43)46-28-34(24-29-14-9-6-10-15-29)40-38(44)32(13-4-2)25-36(42)39-33(26-41)23-30-19-21-35(22-20-30)45-27-31-16-11-7-12-17-31/h3-4,6-7,9-12,14-17,19-22,32-34,41H,1-2,5,8,13,18,23-28H2,(H,39,42)(H,40,44)/t32-,33+,34-/m1/s1. The van der Waals surface area contributed by atoms with Crippen LogP contribution >= 0.6 is 0 Å². The van der Waals surface area contributed by atoms with Crippen LogP contribution in [0.1, 0.15) is 48.8 Å². The van der Waals surface area contributed by atoms with Crippen molar-refractivity contribution in [2.75, 3.05) is 13.2 Å². The molecule has 0 unspecified atom stereocenters. The quantitative estimate of drug-likeness (QED) is 0.0819. The Kier molecular flexibility index (Phi) is 15.8. The van der Waals surface area contributed by atoms with E-state index < -0.39 is 18.0 Å². The minimum atomic E-state index is -0.681. The van der Waals surface area contributed by atoms with Gasteiger partial charge in [0.25, 0.3) is 0 Å². The van der Waals surface area contributed by atoms with Crippen LogP contribution in [0.4, 0.5) is 0 Å². The normalized spacial score (nSPS) is 12.6. The van der Waals surface area contributed by atoms with E-state index in [-0.39, 0.29) is 50.3 Å². The van der Waals surface area contributed by atoms with E-state index in [9.17, 15) is 19.5 Å². The molecule has 0 aliphatic carbocycles. The Morgan fingerprint density at radius 1 is 0.783 bits per heavy atom. The number of rotatable bonds is 21. The number of aliphatic hydroxyl groups is 1. The first kappa shape index (κ1) is 35.8. The van der Waals surface area contributed by atoms with Crippen molar-refractivity contribution in [2.45, 2.75) is 63.6 Å². The highest BCUT2D eigenvalue weighted by molar-refractivity contribution is 5.86. The molecule has 0 fully saturated rings. The van der Waals surface area contributed by atoms with Crippen molar-refractivity contribution < 1.29 is 29.0 Å². The number of ether oxygens (including phenoxy) is 2. The summed E-state index contributed by atoms with van der Waals surface area (Å²) in [5.41, 5.74) is 2.98. The molecule has 0 saturated carbocycles. The Bertz CT molecular complexity index is 1360. The van der Waals surface area contributed by atoms with Gasteiger partial charge in [0.1, 0.15) is 19.0 Å². The van der Waals surface area contributed by atoms with E-state index in [1.165, 1.54) is 0 Å². The molecule has 2 amide bonds. The second kappa shape index (κ2) is 20.4. The summed E-state index contributed by atoms with van der Waals surface area (Å²) in [4.78, 5) is 38.7. The molecule has 3 aromatic carbocycles. The van der Waals surface area contributed by atoms with Crippen LogP contribution in [0.2, 0.25) is 0 Å². The van der Waals surface area contributed by atoms with Gasteiger partial charge in [-0.05, 0) is 60.9 Å². The third-order valence-electron chi connectivity index (χ3n) is 7.40. The van der Waals surface area contributed by atoms with Crippen molar-refractivity contribution >= 4 is 17.8 Å². The lowest BCUT2D eigenvalue weighted by Gasteiger charge is -2.23. The molecule has 0 aliphatic heterocycles. The van der Waals surface area contributed by atoms with Gasteiger partial charge in [-0.25, -0.2) is 0 Å². The van der Waals surface area contributed by atoms with Gasteiger partial charge >= 0.3 is 5.97 Å². The molecular formula is C38H46N2O6. The van der Waals surface area contributed by atoms with Gasteiger partial charge in [-0.1, -0.05) is 84.9 Å². The Balaban J connectivity index is 1.54. The highest BCUT2D eigenvalue weighted by Crippen LogP contribution is 2.17. The van der Waals surface area contributed by atoms with Gasteiger partial charge in [0.2, 0.25) is 11.8 Å². The van der Waals surface area contributed by atoms with E-state index in [4.69, 9.17) is 9.47 Å². The molecule has 0 radical (unpaired) electrons. The molecule has 244 valence electrons. The maximum Gasteiger partial charge on any atom is 0.305 e. The number of aliphatic hydroxyl groups excluding tert-OH is 1. The van der Waals surface area contributed by atoms with Crippen molar-refractivity contribution in [3.05, 3.63) is 127 Å². The molecule has 0 heterocycles. The minimum Gasteiger partial charge on any atom is -0.489 e. The second-order valence-corrected chi connectivity index (χ2v) is 11.3. The van der Waals surface area contributed by atoms with Crippen LogP contribution in [0, 0.1) is 5.92 Å². The Morgan fingerprint density at radius 3 is 2.04 bits per heavy atom. The van der Waals surface area contributed by atoms with E-state index in [1.54, 1.807) is 12.2 Å². The fraction of sp³-hybridized carbons (Fsp3) is 0.342. The van der Waals surface area contributed by atoms with Crippen molar-refractivity contribution in [1.29, 1.82) is 0 Å². The van der Waals surface area contributed by atoms with Crippen LogP contribution in [0.25, 0.3) is 0 Å². The van der Waals surface area contributed by atoms with Gasteiger partial charge < -0.3 is 25.2 Å². The molecular weight excluding hydrogens is 580 g/mol. The van der Waals surface area contributed by atoms with E-state index in [1.807, 2.05) is 84.9 Å². The van der Waals surface area contributed by atoms with Crippen molar-refractivity contribution in [2.24, 2.45) is 5.92 Å². The molecule has 46 heavy (non-hydrogen) atoms. The molecule has 0 aliphatic rings. The van der Waals surface area contributed by atoms with Crippen LogP contribution < -0.4 is 15.4 Å². The number of benzene rings is 3. The van der Waals surface area contributed by atoms with Crippen LogP contribution in [0.15, 0.2) is 110 Å². The van der Waals surface area contributed by atoms with E-state index in [0.29, 0.717) is 25.9 Å². The van der Waals surface area contributed by atoms with Gasteiger partial charge in [-0.15, -0.1) is 13.2 Å². The van der Waals surface area contributed by atoms with Gasteiger partial charge in [-0.2, -0.15) is 0 Å².